The molecule has 0 aliphatic rings. The Balaban J connectivity index is 1.88. The fourth-order valence-electron chi connectivity index (χ4n) is 2.86. The summed E-state index contributed by atoms with van der Waals surface area (Å²) in [6.07, 6.45) is 0.530. The molecule has 16 heteroatoms. The molecule has 6 radical (unpaired) electrons. The van der Waals surface area contributed by atoms with Crippen LogP contribution in [0.1, 0.15) is 24.2 Å². The minimum absolute atomic E-state index is 0.0248. The van der Waals surface area contributed by atoms with Crippen LogP contribution in [0.25, 0.3) is 5.82 Å². The summed E-state index contributed by atoms with van der Waals surface area (Å²) in [6.45, 7) is 1.64. The number of halogens is 3. The van der Waals surface area contributed by atoms with Crippen LogP contribution >= 0.6 is 0 Å². The number of alkyl halides is 3. The molecule has 1 unspecified atom stereocenters. The van der Waals surface area contributed by atoms with E-state index in [2.05, 4.69) is 30.8 Å². The lowest BCUT2D eigenvalue weighted by Crippen LogP contribution is -2.38. The molecule has 170 valence electrons. The number of amides is 2. The highest BCUT2D eigenvalue weighted by molar-refractivity contribution is 6.58. The van der Waals surface area contributed by atoms with E-state index in [1.807, 2.05) is 0 Å². The number of aromatic nitrogens is 5. The molecule has 2 amide bonds. The Morgan fingerprint density at radius 3 is 2.38 bits per heavy atom. The number of nitrogens with one attached hydrogen (secondary N) is 2. The smallest absolute Gasteiger partial charge is 0.420 e. The van der Waals surface area contributed by atoms with Gasteiger partial charge in [0.1, 0.15) is 34.9 Å². The molecule has 3 rings (SSSR count). The van der Waals surface area contributed by atoms with Crippen LogP contribution in [-0.2, 0) is 10.9 Å². The van der Waals surface area contributed by atoms with Crippen molar-refractivity contribution in [2.24, 2.45) is 0 Å². The molecule has 3 heterocycles. The minimum Gasteiger partial charge on any atom is -0.514 e. The van der Waals surface area contributed by atoms with Gasteiger partial charge in [0, 0.05) is 12.7 Å². The average molecular weight is 467 g/mol. The molecule has 0 bridgehead atoms. The Morgan fingerprint density at radius 2 is 1.79 bits per heavy atom. The van der Waals surface area contributed by atoms with Gasteiger partial charge in [0.2, 0.25) is 0 Å². The van der Waals surface area contributed by atoms with E-state index in [1.54, 1.807) is 6.92 Å². The number of hydrogen-bond acceptors (Lipinski definition) is 7. The van der Waals surface area contributed by atoms with E-state index < -0.39 is 35.0 Å². The number of hydrogen-bond donors (Lipinski definition) is 2. The van der Waals surface area contributed by atoms with Crippen molar-refractivity contribution in [2.45, 2.75) is 24.5 Å². The van der Waals surface area contributed by atoms with Crippen LogP contribution < -0.4 is 15.4 Å². The second kappa shape index (κ2) is 9.75. The maximum absolute atomic E-state index is 13.6. The number of urea groups is 1. The maximum atomic E-state index is 13.6. The molecular weight excluding hydrogens is 452 g/mol. The van der Waals surface area contributed by atoms with Crippen LogP contribution in [0.3, 0.4) is 0 Å². The molecule has 0 aliphatic heterocycles. The third-order valence-corrected chi connectivity index (χ3v) is 4.28. The number of pyridine rings is 2. The Bertz CT molecular complexity index is 1160. The van der Waals surface area contributed by atoms with Crippen LogP contribution in [-0.4, -0.2) is 66.9 Å². The minimum atomic E-state index is -4.79. The second-order valence-electron chi connectivity index (χ2n) is 6.92. The van der Waals surface area contributed by atoms with E-state index in [-0.39, 0.29) is 22.7 Å². The van der Waals surface area contributed by atoms with Gasteiger partial charge in [0.05, 0.1) is 48.5 Å². The number of nitrogens with zero attached hydrogens (tertiary/aromatic N) is 5. The van der Waals surface area contributed by atoms with Crippen molar-refractivity contribution in [2.75, 3.05) is 17.7 Å². The van der Waals surface area contributed by atoms with Crippen molar-refractivity contribution >= 4 is 40.9 Å². The number of methoxy groups -OCH3 is 1. The lowest BCUT2D eigenvalue weighted by atomic mass is 9.52. The summed E-state index contributed by atoms with van der Waals surface area (Å²) in [6, 6.07) is -0.198. The van der Waals surface area contributed by atoms with E-state index >= 15 is 0 Å². The van der Waals surface area contributed by atoms with Crippen molar-refractivity contribution in [3.63, 3.8) is 0 Å². The van der Waals surface area contributed by atoms with E-state index in [4.69, 9.17) is 33.0 Å². The van der Waals surface area contributed by atoms with Gasteiger partial charge >= 0.3 is 12.2 Å². The molecule has 0 spiro atoms. The third-order valence-electron chi connectivity index (χ3n) is 4.28. The Hall–Kier alpha value is -3.55. The van der Waals surface area contributed by atoms with Crippen LogP contribution in [0.5, 0.6) is 5.75 Å². The number of rotatable bonds is 7. The molecule has 0 aliphatic carbocycles. The second-order valence-corrected chi connectivity index (χ2v) is 6.92. The number of carbonyl (C=O) groups is 1. The standard InChI is InChI=1S/C18H15B3F3N7O3/c1-9(33-2)14-12(7-25-8-13(14)34-18(19,20)21)30-16(32)29-10-5-11(17(22,23)24)15(26-6-10)31-27-3-4-28-31/h3-9H,1-2H3,(H2,29,30,32). The predicted molar refractivity (Wildman–Crippen MR) is 117 cm³/mol. The van der Waals surface area contributed by atoms with E-state index in [9.17, 15) is 18.0 Å². The molecule has 0 aromatic carbocycles. The van der Waals surface area contributed by atoms with Gasteiger partial charge in [-0.15, -0.1) is 4.80 Å². The first-order chi connectivity index (χ1) is 15.9. The lowest BCUT2D eigenvalue weighted by Gasteiger charge is -2.27. The number of carbonyl (C=O) groups excluding carboxylic acids is 1. The normalized spacial score (nSPS) is 12.7. The summed E-state index contributed by atoms with van der Waals surface area (Å²) >= 11 is 0. The summed E-state index contributed by atoms with van der Waals surface area (Å²) in [4.78, 5) is 21.0. The van der Waals surface area contributed by atoms with Crippen molar-refractivity contribution in [1.82, 2.24) is 25.0 Å². The van der Waals surface area contributed by atoms with Gasteiger partial charge in [-0.05, 0) is 18.3 Å². The first kappa shape index (κ1) is 25.1. The molecule has 10 nitrogen and oxygen atoms in total. The van der Waals surface area contributed by atoms with Gasteiger partial charge in [0.25, 0.3) is 0 Å². The highest BCUT2D eigenvalue weighted by atomic mass is 19.4. The summed E-state index contributed by atoms with van der Waals surface area (Å²) < 4.78 is 51.2. The van der Waals surface area contributed by atoms with Crippen LogP contribution in [0, 0.1) is 0 Å². The van der Waals surface area contributed by atoms with Gasteiger partial charge in [-0.3, -0.25) is 4.98 Å². The first-order valence-electron chi connectivity index (χ1n) is 9.47. The van der Waals surface area contributed by atoms with E-state index in [1.165, 1.54) is 31.9 Å². The van der Waals surface area contributed by atoms with Crippen molar-refractivity contribution in [1.29, 1.82) is 0 Å². The predicted octanol–water partition coefficient (Wildman–Crippen LogP) is 1.92. The van der Waals surface area contributed by atoms with Crippen LogP contribution in [0.15, 0.2) is 37.1 Å². The number of ether oxygens (including phenoxy) is 2. The van der Waals surface area contributed by atoms with E-state index in [0.29, 0.717) is 10.9 Å². The van der Waals surface area contributed by atoms with Crippen molar-refractivity contribution < 1.29 is 27.4 Å². The first-order valence-corrected chi connectivity index (χ1v) is 9.47. The number of anilines is 2. The summed E-state index contributed by atoms with van der Waals surface area (Å²) in [5.74, 6) is -0.528. The lowest BCUT2D eigenvalue weighted by molar-refractivity contribution is -0.137. The molecule has 0 fully saturated rings. The molecule has 3 aromatic heterocycles. The monoisotopic (exact) mass is 467 g/mol. The zero-order valence-corrected chi connectivity index (χ0v) is 17.9. The zero-order chi connectivity index (χ0) is 25.1. The summed E-state index contributed by atoms with van der Waals surface area (Å²) in [5, 5.41) is 10.0. The van der Waals surface area contributed by atoms with Gasteiger partial charge < -0.3 is 20.1 Å². The fourth-order valence-corrected chi connectivity index (χ4v) is 2.86. The average Bonchev–Trinajstić information content (AvgIpc) is 3.26. The van der Waals surface area contributed by atoms with Crippen molar-refractivity contribution in [3.05, 3.63) is 48.2 Å². The van der Waals surface area contributed by atoms with Gasteiger partial charge in [-0.2, -0.15) is 23.4 Å². The Kier molecular flexibility index (Phi) is 7.19. The molecular formula is C18H15B3F3N7O3. The Morgan fingerprint density at radius 1 is 1.12 bits per heavy atom. The molecule has 0 saturated heterocycles. The molecule has 1 atom stereocenters. The third kappa shape index (κ3) is 6.07. The molecule has 0 saturated carbocycles. The highest BCUT2D eigenvalue weighted by Gasteiger charge is 2.36. The van der Waals surface area contributed by atoms with E-state index in [0.717, 1.165) is 6.20 Å². The summed E-state index contributed by atoms with van der Waals surface area (Å²) in [5.41, 5.74) is -1.01. The molecule has 2 N–H and O–H groups in total. The van der Waals surface area contributed by atoms with Crippen LogP contribution in [0.2, 0.25) is 0 Å². The molecule has 3 aromatic rings. The molecule has 34 heavy (non-hydrogen) atoms. The maximum Gasteiger partial charge on any atom is 0.420 e. The SMILES string of the molecule is [B]C([B])([B])Oc1cncc(NC(=O)Nc2cnc(-n3nccn3)c(C(F)(F)F)c2)c1C(C)OC. The Labute approximate surface area is 195 Å². The largest absolute Gasteiger partial charge is 0.514 e. The zero-order valence-electron chi connectivity index (χ0n) is 17.9. The van der Waals surface area contributed by atoms with Gasteiger partial charge in [-0.1, -0.05) is 0 Å². The highest BCUT2D eigenvalue weighted by Crippen LogP contribution is 2.35. The fraction of sp³-hybridized carbons (Fsp3) is 0.278. The topological polar surface area (TPSA) is 116 Å². The van der Waals surface area contributed by atoms with Crippen molar-refractivity contribution in [3.8, 4) is 11.6 Å². The van der Waals surface area contributed by atoms with Gasteiger partial charge in [0.15, 0.2) is 5.82 Å². The summed E-state index contributed by atoms with van der Waals surface area (Å²) in [7, 11) is 17.9. The quantitative estimate of drug-likeness (QED) is 0.511. The van der Waals surface area contributed by atoms with Crippen LogP contribution in [0.4, 0.5) is 29.3 Å². The van der Waals surface area contributed by atoms with Gasteiger partial charge in [-0.25, -0.2) is 9.78 Å².